The first-order valence-corrected chi connectivity index (χ1v) is 23.1. The summed E-state index contributed by atoms with van der Waals surface area (Å²) in [6.07, 6.45) is 9.28. The van der Waals surface area contributed by atoms with E-state index in [0.717, 1.165) is 12.8 Å². The predicted molar refractivity (Wildman–Crippen MR) is 256 cm³/mol. The van der Waals surface area contributed by atoms with Gasteiger partial charge in [-0.25, -0.2) is 18.6 Å². The molecule has 0 saturated carbocycles. The van der Waals surface area contributed by atoms with Crippen LogP contribution in [0, 0.1) is 13.3 Å². The minimum atomic E-state index is 0. The predicted octanol–water partition coefficient (Wildman–Crippen LogP) is 9.66. The van der Waals surface area contributed by atoms with Crippen molar-refractivity contribution in [3.05, 3.63) is 176 Å². The molecule has 0 unspecified atom stereocenters. The second-order valence-electron chi connectivity index (χ2n) is 22.0. The number of allylic oxidation sites excluding steroid dienone is 4. The summed E-state index contributed by atoms with van der Waals surface area (Å²) in [6, 6.07) is 34.7. The first-order chi connectivity index (χ1) is 27.3. The van der Waals surface area contributed by atoms with Gasteiger partial charge in [-0.1, -0.05) is 96.1 Å². The molecule has 0 saturated heterocycles. The Hall–Kier alpha value is -3.09. The third-order valence-corrected chi connectivity index (χ3v) is 14.4. The average Bonchev–Trinajstić information content (AvgIpc) is 3.77. The minimum absolute atomic E-state index is 0. The van der Waals surface area contributed by atoms with Crippen LogP contribution in [-0.4, -0.2) is 3.21 Å². The number of benzene rings is 4. The molecule has 0 aliphatic heterocycles. The van der Waals surface area contributed by atoms with Crippen LogP contribution in [0.25, 0.3) is 22.3 Å². The molecule has 0 radical (unpaired) electrons. The Labute approximate surface area is 398 Å². The second-order valence-corrected chi connectivity index (χ2v) is 23.2. The van der Waals surface area contributed by atoms with Crippen LogP contribution in [0.3, 0.4) is 0 Å². The van der Waals surface area contributed by atoms with Gasteiger partial charge >= 0.3 is 151 Å². The first-order valence-electron chi connectivity index (χ1n) is 21.9. The molecule has 5 aromatic rings. The van der Waals surface area contributed by atoms with Crippen molar-refractivity contribution in [2.24, 2.45) is 0 Å². The molecular weight excluding hydrogens is 859 g/mol. The molecule has 0 fully saturated rings. The van der Waals surface area contributed by atoms with Crippen LogP contribution in [-0.2, 0) is 57.7 Å². The van der Waals surface area contributed by atoms with Crippen molar-refractivity contribution in [1.82, 2.24) is 0 Å². The molecule has 3 aliphatic carbocycles. The molecule has 322 valence electrons. The van der Waals surface area contributed by atoms with Gasteiger partial charge in [0.05, 0.1) is 0 Å². The molecule has 0 amide bonds. The van der Waals surface area contributed by atoms with E-state index in [1.165, 1.54) is 116 Å². The first kappa shape index (κ1) is 50.6. The van der Waals surface area contributed by atoms with E-state index in [1.807, 2.05) is 0 Å². The maximum absolute atomic E-state index is 2.51. The van der Waals surface area contributed by atoms with Gasteiger partial charge < -0.3 is 24.8 Å². The van der Waals surface area contributed by atoms with Crippen molar-refractivity contribution in [3.63, 3.8) is 0 Å². The summed E-state index contributed by atoms with van der Waals surface area (Å²) >= 11 is 1.46. The number of hydrogen-bond donors (Lipinski definition) is 0. The smallest absolute Gasteiger partial charge is 0.00133 e. The standard InChI is InChI=1S/C27H29.C21H26.C10H15.2ClH.Zr/c1-16-7-9-26(3,4)24-12-18-11-19-13-25-21(17(2)8-10-27(25,5)6)15-23(19)22(18)14-20(16)24;1-20(2,3)18-11-7-16(8-12-18)15-17-9-13-19(14-10-17)21(4,5)6;1-8-5-6-9(7-8)10(2,3)4;;;/h7-9,12-15H,10-11H2,1-6H3;7-14H,1-6H3;5-7H,1-4H3;2*1H;/q-1;;-1;;;+2/p-2. The Morgan fingerprint density at radius 2 is 1.00 bits per heavy atom. The number of fused-ring (bicyclic) bond motifs is 5. The van der Waals surface area contributed by atoms with Gasteiger partial charge in [0.25, 0.3) is 0 Å². The molecular formula is C58H70Cl2Zr-2. The fourth-order valence-corrected chi connectivity index (χ4v) is 9.46. The normalized spacial score (nSPS) is 15.5. The number of halogens is 2. The quantitative estimate of drug-likeness (QED) is 0.152. The summed E-state index contributed by atoms with van der Waals surface area (Å²) in [7, 11) is 0. The van der Waals surface area contributed by atoms with Gasteiger partial charge in [-0.15, -0.1) is 12.5 Å². The fraction of sp³-hybridized carbons (Fsp3) is 0.397. The summed E-state index contributed by atoms with van der Waals surface area (Å²) < 4.78 is 1.42. The molecule has 0 atom stereocenters. The van der Waals surface area contributed by atoms with Crippen LogP contribution < -0.4 is 24.8 Å². The summed E-state index contributed by atoms with van der Waals surface area (Å²) in [4.78, 5) is 0. The van der Waals surface area contributed by atoms with Crippen molar-refractivity contribution in [1.29, 1.82) is 0 Å². The van der Waals surface area contributed by atoms with Crippen LogP contribution in [0.15, 0.2) is 103 Å². The van der Waals surface area contributed by atoms with Gasteiger partial charge in [0.2, 0.25) is 0 Å². The van der Waals surface area contributed by atoms with Crippen LogP contribution in [0.2, 0.25) is 0 Å². The Morgan fingerprint density at radius 3 is 1.41 bits per heavy atom. The largest absolute Gasteiger partial charge is 1.00 e. The van der Waals surface area contributed by atoms with E-state index in [1.54, 1.807) is 0 Å². The van der Waals surface area contributed by atoms with E-state index in [4.69, 9.17) is 0 Å². The number of aryl methyl sites for hydroxylation is 1. The van der Waals surface area contributed by atoms with Crippen molar-refractivity contribution >= 4 is 14.4 Å². The van der Waals surface area contributed by atoms with Crippen LogP contribution in [0.1, 0.15) is 177 Å². The maximum Gasteiger partial charge on any atom is -0.00133 e. The van der Waals surface area contributed by atoms with Gasteiger partial charge in [0, 0.05) is 0 Å². The zero-order chi connectivity index (χ0) is 43.5. The van der Waals surface area contributed by atoms with E-state index in [9.17, 15) is 0 Å². The molecule has 8 rings (SSSR count). The fourth-order valence-electron chi connectivity index (χ4n) is 8.64. The molecule has 0 nitrogen and oxygen atoms in total. The Morgan fingerprint density at radius 1 is 0.557 bits per heavy atom. The maximum atomic E-state index is 2.51. The second kappa shape index (κ2) is 18.6. The van der Waals surface area contributed by atoms with E-state index >= 15 is 0 Å². The van der Waals surface area contributed by atoms with Crippen LogP contribution in [0.5, 0.6) is 0 Å². The van der Waals surface area contributed by atoms with Crippen LogP contribution in [0.4, 0.5) is 0 Å². The van der Waals surface area contributed by atoms with Gasteiger partial charge in [0.15, 0.2) is 0 Å². The van der Waals surface area contributed by atoms with Crippen molar-refractivity contribution < 1.29 is 49.0 Å². The third kappa shape index (κ3) is 11.2. The van der Waals surface area contributed by atoms with E-state index in [2.05, 4.69) is 220 Å². The molecule has 5 aromatic carbocycles. The van der Waals surface area contributed by atoms with Crippen molar-refractivity contribution in [3.8, 4) is 11.1 Å². The number of hydrogen-bond acceptors (Lipinski definition) is 0. The molecule has 0 spiro atoms. The monoisotopic (exact) mass is 926 g/mol. The van der Waals surface area contributed by atoms with Crippen molar-refractivity contribution in [2.75, 3.05) is 0 Å². The van der Waals surface area contributed by atoms with E-state index in [0.29, 0.717) is 5.41 Å². The SMILES string of the molecule is CC(C)(C)c1ccc([C](=[Zr+2])c2ccc(C(C)(C)C)cc2)cc1.CC1=C[CH-]C(C)(C)c2cc3c(cc21)-c1cc2c(cc1C3)C(C)(C)CC=C2C.Cc1cc(C(C)(C)C)c[cH-]1.[Cl-].[Cl-]. The zero-order valence-electron chi connectivity index (χ0n) is 40.1. The minimum Gasteiger partial charge on any atom is -1.00 e. The molecule has 61 heavy (non-hydrogen) atoms. The van der Waals surface area contributed by atoms with Gasteiger partial charge in [-0.3, -0.25) is 0 Å². The average molecular weight is 929 g/mol. The Balaban J connectivity index is 0.000000217. The van der Waals surface area contributed by atoms with E-state index < -0.39 is 0 Å². The molecule has 3 heteroatoms. The van der Waals surface area contributed by atoms with E-state index in [-0.39, 0.29) is 46.5 Å². The van der Waals surface area contributed by atoms with Crippen molar-refractivity contribution in [2.45, 2.75) is 151 Å². The summed E-state index contributed by atoms with van der Waals surface area (Å²) in [6.45, 7) is 36.4. The molecule has 0 heterocycles. The molecule has 3 aliphatic rings. The van der Waals surface area contributed by atoms with Gasteiger partial charge in [0.1, 0.15) is 0 Å². The third-order valence-electron chi connectivity index (χ3n) is 13.0. The molecule has 0 N–H and O–H groups in total. The van der Waals surface area contributed by atoms with Crippen LogP contribution >= 0.6 is 0 Å². The molecule has 0 bridgehead atoms. The molecule has 0 aromatic heterocycles. The summed E-state index contributed by atoms with van der Waals surface area (Å²) in [5.74, 6) is 0. The van der Waals surface area contributed by atoms with Gasteiger partial charge in [-0.05, 0) is 70.2 Å². The zero-order valence-corrected chi connectivity index (χ0v) is 44.0. The number of rotatable bonds is 2. The summed E-state index contributed by atoms with van der Waals surface area (Å²) in [5.41, 5.74) is 24.0. The Bertz CT molecular complexity index is 2280. The van der Waals surface area contributed by atoms with Gasteiger partial charge in [-0.2, -0.15) is 28.8 Å². The topological polar surface area (TPSA) is 0 Å². The summed E-state index contributed by atoms with van der Waals surface area (Å²) in [5, 5.41) is 0. The Kier molecular flexibility index (Phi) is 15.4.